The van der Waals surface area contributed by atoms with Crippen molar-refractivity contribution >= 4 is 33.0 Å². The Morgan fingerprint density at radius 1 is 1.45 bits per heavy atom. The molecule has 0 saturated heterocycles. The Morgan fingerprint density at radius 3 is 2.55 bits per heavy atom. The van der Waals surface area contributed by atoms with Gasteiger partial charge in [0, 0.05) is 11.9 Å². The van der Waals surface area contributed by atoms with Crippen LogP contribution in [-0.4, -0.2) is 25.0 Å². The predicted octanol–water partition coefficient (Wildman–Crippen LogP) is 2.49. The highest BCUT2D eigenvalue weighted by atomic mass is 35.5. The number of hydrogen-bond acceptors (Lipinski definition) is 4. The third-order valence-corrected chi connectivity index (χ3v) is 4.31. The number of rotatable bonds is 6. The van der Waals surface area contributed by atoms with Gasteiger partial charge < -0.3 is 0 Å². The highest BCUT2D eigenvalue weighted by molar-refractivity contribution is 7.92. The summed E-state index contributed by atoms with van der Waals surface area (Å²) in [5.41, 5.74) is -1.89. The number of nitro groups is 1. The number of nitrogens with zero attached hydrogens (tertiary/aromatic N) is 1. The molecule has 1 unspecified atom stereocenters. The molecule has 0 aliphatic carbocycles. The molecule has 0 radical (unpaired) electrons. The van der Waals surface area contributed by atoms with Crippen LogP contribution < -0.4 is 4.72 Å². The Kier molecular flexibility index (Phi) is 5.23. The van der Waals surface area contributed by atoms with Crippen LogP contribution in [0.1, 0.15) is 6.92 Å². The van der Waals surface area contributed by atoms with Crippen LogP contribution in [-0.2, 0) is 10.0 Å². The van der Waals surface area contributed by atoms with Crippen LogP contribution in [0.5, 0.6) is 0 Å². The Labute approximate surface area is 118 Å². The van der Waals surface area contributed by atoms with E-state index in [0.717, 1.165) is 0 Å². The van der Waals surface area contributed by atoms with E-state index in [1.807, 2.05) is 0 Å². The van der Waals surface area contributed by atoms with Crippen molar-refractivity contribution < 1.29 is 22.1 Å². The van der Waals surface area contributed by atoms with E-state index in [1.165, 1.54) is 0 Å². The van der Waals surface area contributed by atoms with Crippen molar-refractivity contribution in [2.45, 2.75) is 6.92 Å². The van der Waals surface area contributed by atoms with Crippen molar-refractivity contribution in [2.75, 3.05) is 16.4 Å². The van der Waals surface area contributed by atoms with Crippen molar-refractivity contribution in [3.05, 3.63) is 33.9 Å². The largest absolute Gasteiger partial charge is 0.299 e. The summed E-state index contributed by atoms with van der Waals surface area (Å²) >= 11 is 5.47. The van der Waals surface area contributed by atoms with Gasteiger partial charge in [0.1, 0.15) is 5.82 Å². The SMILES string of the molecule is CC(CCl)CS(=O)(=O)Nc1c(F)cc(F)cc1[N+](=O)[O-]. The van der Waals surface area contributed by atoms with Gasteiger partial charge in [0.25, 0.3) is 5.69 Å². The number of alkyl halides is 1. The highest BCUT2D eigenvalue weighted by Crippen LogP contribution is 2.29. The smallest absolute Gasteiger partial charge is 0.275 e. The minimum Gasteiger partial charge on any atom is -0.275 e. The maximum atomic E-state index is 13.5. The van der Waals surface area contributed by atoms with Gasteiger partial charge in [-0.2, -0.15) is 0 Å². The third-order valence-electron chi connectivity index (χ3n) is 2.26. The lowest BCUT2D eigenvalue weighted by Gasteiger charge is -2.12. The summed E-state index contributed by atoms with van der Waals surface area (Å²) in [7, 11) is -4.04. The lowest BCUT2D eigenvalue weighted by molar-refractivity contribution is -0.384. The van der Waals surface area contributed by atoms with Crippen LogP contribution >= 0.6 is 11.6 Å². The van der Waals surface area contributed by atoms with Gasteiger partial charge in [0.2, 0.25) is 10.0 Å². The molecule has 1 aromatic rings. The molecule has 10 heteroatoms. The Hall–Kier alpha value is -1.48. The fourth-order valence-electron chi connectivity index (χ4n) is 1.42. The molecule has 0 spiro atoms. The molecular formula is C10H11ClF2N2O4S. The molecule has 1 aromatic carbocycles. The fourth-order valence-corrected chi connectivity index (χ4v) is 3.12. The summed E-state index contributed by atoms with van der Waals surface area (Å²) in [5.74, 6) is -3.36. The minimum absolute atomic E-state index is 0.0505. The second-order valence-electron chi connectivity index (χ2n) is 4.18. The summed E-state index contributed by atoms with van der Waals surface area (Å²) < 4.78 is 51.7. The van der Waals surface area contributed by atoms with Gasteiger partial charge in [0.15, 0.2) is 11.5 Å². The summed E-state index contributed by atoms with van der Waals surface area (Å²) in [5, 5.41) is 10.7. The molecule has 112 valence electrons. The zero-order valence-electron chi connectivity index (χ0n) is 10.3. The second-order valence-corrected chi connectivity index (χ2v) is 6.26. The van der Waals surface area contributed by atoms with E-state index in [9.17, 15) is 27.3 Å². The van der Waals surface area contributed by atoms with Crippen LogP contribution in [0.2, 0.25) is 0 Å². The number of anilines is 1. The van der Waals surface area contributed by atoms with E-state index in [4.69, 9.17) is 11.6 Å². The number of hydrogen-bond donors (Lipinski definition) is 1. The Balaban J connectivity index is 3.18. The number of nitro benzene ring substituents is 1. The molecule has 0 bridgehead atoms. The maximum Gasteiger partial charge on any atom is 0.299 e. The third kappa shape index (κ3) is 4.27. The fraction of sp³-hybridized carbons (Fsp3) is 0.400. The topological polar surface area (TPSA) is 89.3 Å². The molecular weight excluding hydrogens is 318 g/mol. The van der Waals surface area contributed by atoms with Crippen molar-refractivity contribution in [1.82, 2.24) is 0 Å². The van der Waals surface area contributed by atoms with Crippen LogP contribution in [0.4, 0.5) is 20.2 Å². The number of halogens is 3. The van der Waals surface area contributed by atoms with Crippen molar-refractivity contribution in [2.24, 2.45) is 5.92 Å². The molecule has 6 nitrogen and oxygen atoms in total. The first-order valence-corrected chi connectivity index (χ1v) is 7.55. The van der Waals surface area contributed by atoms with E-state index in [1.54, 1.807) is 11.6 Å². The average molecular weight is 329 g/mol. The molecule has 0 amide bonds. The predicted molar refractivity (Wildman–Crippen MR) is 70.3 cm³/mol. The number of sulfonamides is 1. The molecule has 0 heterocycles. The minimum atomic E-state index is -4.04. The number of benzene rings is 1. The van der Waals surface area contributed by atoms with Gasteiger partial charge in [-0.3, -0.25) is 14.8 Å². The van der Waals surface area contributed by atoms with E-state index < -0.39 is 49.6 Å². The van der Waals surface area contributed by atoms with Gasteiger partial charge >= 0.3 is 0 Å². The summed E-state index contributed by atoms with van der Waals surface area (Å²) in [4.78, 5) is 9.63. The van der Waals surface area contributed by atoms with Gasteiger partial charge in [0.05, 0.1) is 16.7 Å². The second kappa shape index (κ2) is 6.31. The first-order chi connectivity index (χ1) is 9.16. The van der Waals surface area contributed by atoms with Crippen LogP contribution in [0.15, 0.2) is 12.1 Å². The van der Waals surface area contributed by atoms with Crippen LogP contribution in [0, 0.1) is 27.7 Å². The summed E-state index contributed by atoms with van der Waals surface area (Å²) in [6, 6.07) is 0.793. The first-order valence-electron chi connectivity index (χ1n) is 5.36. The maximum absolute atomic E-state index is 13.5. The molecule has 0 fully saturated rings. The van der Waals surface area contributed by atoms with Crippen LogP contribution in [0.25, 0.3) is 0 Å². The molecule has 1 N–H and O–H groups in total. The van der Waals surface area contributed by atoms with Crippen LogP contribution in [0.3, 0.4) is 0 Å². The van der Waals surface area contributed by atoms with Gasteiger partial charge in [-0.1, -0.05) is 6.92 Å². The van der Waals surface area contributed by atoms with Crippen molar-refractivity contribution in [3.8, 4) is 0 Å². The molecule has 0 aromatic heterocycles. The lowest BCUT2D eigenvalue weighted by Crippen LogP contribution is -2.23. The molecule has 0 aliphatic rings. The van der Waals surface area contributed by atoms with E-state index in [0.29, 0.717) is 12.1 Å². The lowest BCUT2D eigenvalue weighted by atomic mass is 10.2. The molecule has 20 heavy (non-hydrogen) atoms. The van der Waals surface area contributed by atoms with E-state index in [-0.39, 0.29) is 5.88 Å². The Bertz CT molecular complexity index is 624. The van der Waals surface area contributed by atoms with Gasteiger partial charge in [-0.05, 0) is 5.92 Å². The Morgan fingerprint density at radius 2 is 2.05 bits per heavy atom. The quantitative estimate of drug-likeness (QED) is 0.493. The van der Waals surface area contributed by atoms with Crippen molar-refractivity contribution in [1.29, 1.82) is 0 Å². The zero-order chi connectivity index (χ0) is 15.5. The van der Waals surface area contributed by atoms with E-state index >= 15 is 0 Å². The molecule has 1 atom stereocenters. The molecule has 0 aliphatic heterocycles. The first kappa shape index (κ1) is 16.6. The highest BCUT2D eigenvalue weighted by Gasteiger charge is 2.25. The molecule has 0 saturated carbocycles. The zero-order valence-corrected chi connectivity index (χ0v) is 11.8. The number of nitrogens with one attached hydrogen (secondary N) is 1. The van der Waals surface area contributed by atoms with Gasteiger partial charge in [-0.25, -0.2) is 17.2 Å². The average Bonchev–Trinajstić information content (AvgIpc) is 2.31. The molecule has 1 rings (SSSR count). The van der Waals surface area contributed by atoms with Crippen molar-refractivity contribution in [3.63, 3.8) is 0 Å². The van der Waals surface area contributed by atoms with Gasteiger partial charge in [-0.15, -0.1) is 11.6 Å². The normalized spacial score (nSPS) is 13.0. The van der Waals surface area contributed by atoms with E-state index in [2.05, 4.69) is 0 Å². The standard InChI is InChI=1S/C10H11ClF2N2O4S/c1-6(4-11)5-20(18,19)14-10-8(13)2-7(12)3-9(10)15(16)17/h2-3,6,14H,4-5H2,1H3. The summed E-state index contributed by atoms with van der Waals surface area (Å²) in [6.45, 7) is 1.54. The summed E-state index contributed by atoms with van der Waals surface area (Å²) in [6.07, 6.45) is 0. The monoisotopic (exact) mass is 328 g/mol.